The summed E-state index contributed by atoms with van der Waals surface area (Å²) in [6.45, 7) is 2.38. The second kappa shape index (κ2) is 12.6. The van der Waals surface area contributed by atoms with Gasteiger partial charge in [-0.2, -0.15) is 0 Å². The van der Waals surface area contributed by atoms with E-state index >= 15 is 0 Å². The fourth-order valence-electron chi connectivity index (χ4n) is 6.96. The van der Waals surface area contributed by atoms with Crippen LogP contribution in [-0.4, -0.2) is 13.5 Å². The molecule has 4 aromatic carbocycles. The van der Waals surface area contributed by atoms with Crippen LogP contribution in [0.2, 0.25) is 0 Å². The van der Waals surface area contributed by atoms with Crippen LogP contribution in [0.15, 0.2) is 121 Å². The molecule has 0 spiro atoms. The van der Waals surface area contributed by atoms with Gasteiger partial charge in [0.1, 0.15) is 0 Å². The van der Waals surface area contributed by atoms with Crippen LogP contribution >= 0.6 is 15.1 Å². The molecule has 5 rings (SSSR count). The van der Waals surface area contributed by atoms with E-state index in [1.807, 2.05) is 0 Å². The van der Waals surface area contributed by atoms with E-state index in [0.29, 0.717) is 5.66 Å². The van der Waals surface area contributed by atoms with Gasteiger partial charge in [0.2, 0.25) is 0 Å². The van der Waals surface area contributed by atoms with Crippen molar-refractivity contribution in [1.82, 2.24) is 0 Å². The van der Waals surface area contributed by atoms with Gasteiger partial charge in [0.25, 0.3) is 0 Å². The van der Waals surface area contributed by atoms with Gasteiger partial charge < -0.3 is 0 Å². The van der Waals surface area contributed by atoms with Gasteiger partial charge in [-0.1, -0.05) is 0 Å². The van der Waals surface area contributed by atoms with Gasteiger partial charge in [0, 0.05) is 0 Å². The zero-order valence-corrected chi connectivity index (χ0v) is 24.4. The molecular weight excluding hydrogens is 481 g/mol. The van der Waals surface area contributed by atoms with Crippen molar-refractivity contribution in [1.29, 1.82) is 0 Å². The van der Waals surface area contributed by atoms with E-state index in [9.17, 15) is 0 Å². The van der Waals surface area contributed by atoms with E-state index in [0.717, 1.165) is 11.3 Å². The zero-order chi connectivity index (χ0) is 25.5. The average Bonchev–Trinajstić information content (AvgIpc) is 3.29. The fraction of sp³-hybridized carbons (Fsp3) is 0.294. The Labute approximate surface area is 227 Å². The van der Waals surface area contributed by atoms with E-state index in [1.165, 1.54) is 43.3 Å². The Kier molecular flexibility index (Phi) is 8.97. The normalized spacial score (nSPS) is 21.2. The first-order valence-electron chi connectivity index (χ1n) is 14.1. The van der Waals surface area contributed by atoms with Crippen molar-refractivity contribution in [2.75, 3.05) is 5.90 Å². The van der Waals surface area contributed by atoms with Crippen LogP contribution in [0.4, 0.5) is 0 Å². The number of rotatable bonds is 10. The van der Waals surface area contributed by atoms with Gasteiger partial charge in [-0.3, -0.25) is 0 Å². The van der Waals surface area contributed by atoms with E-state index in [2.05, 4.69) is 136 Å². The molecule has 1 heterocycles. The predicted molar refractivity (Wildman–Crippen MR) is 170 cm³/mol. The summed E-state index contributed by atoms with van der Waals surface area (Å²) in [5, 5.41) is 0. The van der Waals surface area contributed by atoms with Gasteiger partial charge in [-0.15, -0.1) is 0 Å². The summed E-state index contributed by atoms with van der Waals surface area (Å²) in [6, 6.07) is 45.9. The average molecular weight is 522 g/mol. The Morgan fingerprint density at radius 3 is 1.65 bits per heavy atom. The van der Waals surface area contributed by atoms with Crippen molar-refractivity contribution in [3.8, 4) is 0 Å². The first-order chi connectivity index (χ1) is 18.2. The van der Waals surface area contributed by atoms with Crippen molar-refractivity contribution in [2.24, 2.45) is 0 Å². The van der Waals surface area contributed by atoms with Crippen LogP contribution in [0, 0.1) is 0 Å². The Morgan fingerprint density at radius 2 is 1.16 bits per heavy atom. The minimum absolute atomic E-state index is 0.214. The third kappa shape index (κ3) is 6.11. The fourth-order valence-corrected chi connectivity index (χ4v) is 19.7. The summed E-state index contributed by atoms with van der Waals surface area (Å²) in [7, 11) is 0.827. The standard InChI is InChI=1S/C34H41BP2/c1-2-15-32(29-18-9-4-10-19-29)36(26-28-16-7-3-8-17-28)27-37(35)33(30-20-11-5-12-21-30)24-25-34(37)31-22-13-6-14-23-31/h3-14,16-23,32-34,37H,2,15,24-27,35H2,1H3/t32-,33-,34?,36?/m1/s1. The van der Waals surface area contributed by atoms with Crippen LogP contribution in [0.5, 0.6) is 0 Å². The van der Waals surface area contributed by atoms with Crippen molar-refractivity contribution < 1.29 is 0 Å². The summed E-state index contributed by atoms with van der Waals surface area (Å²) < 4.78 is 0. The molecule has 1 aliphatic rings. The van der Waals surface area contributed by atoms with Gasteiger partial charge in [-0.05, 0) is 0 Å². The SMILES string of the molecule is B[PH]1(CP(Cc2ccccc2)[C@H](CCC)c2ccccc2)C(c2ccccc2)CC[C@@H]1c1ccccc1. The van der Waals surface area contributed by atoms with Crippen LogP contribution < -0.4 is 0 Å². The minimum atomic E-state index is -1.74. The van der Waals surface area contributed by atoms with Gasteiger partial charge in [0.05, 0.1) is 0 Å². The summed E-state index contributed by atoms with van der Waals surface area (Å²) in [6.07, 6.45) is 6.45. The molecule has 4 aromatic rings. The van der Waals surface area contributed by atoms with Crippen LogP contribution in [0.25, 0.3) is 0 Å². The summed E-state index contributed by atoms with van der Waals surface area (Å²) >= 11 is 0. The molecule has 0 nitrogen and oxygen atoms in total. The second-order valence-electron chi connectivity index (χ2n) is 11.1. The van der Waals surface area contributed by atoms with Crippen molar-refractivity contribution in [3.05, 3.63) is 144 Å². The molecule has 190 valence electrons. The molecule has 0 aromatic heterocycles. The molecule has 0 bridgehead atoms. The summed E-state index contributed by atoms with van der Waals surface area (Å²) in [5.41, 5.74) is 8.41. The van der Waals surface area contributed by atoms with Crippen molar-refractivity contribution >= 4 is 22.6 Å². The van der Waals surface area contributed by atoms with Gasteiger partial charge in [0.15, 0.2) is 0 Å². The molecule has 1 saturated heterocycles. The van der Waals surface area contributed by atoms with E-state index < -0.39 is 7.14 Å². The van der Waals surface area contributed by atoms with Gasteiger partial charge in [-0.25, -0.2) is 0 Å². The van der Waals surface area contributed by atoms with E-state index in [4.69, 9.17) is 0 Å². The Bertz CT molecular complexity index is 1170. The first kappa shape index (κ1) is 26.4. The number of hydrogen-bond donors (Lipinski definition) is 0. The first-order valence-corrected chi connectivity index (χ1v) is 18.8. The number of hydrogen-bond acceptors (Lipinski definition) is 0. The molecule has 3 heteroatoms. The molecule has 0 N–H and O–H groups in total. The Balaban J connectivity index is 1.58. The zero-order valence-electron chi connectivity index (χ0n) is 22.5. The quantitative estimate of drug-likeness (QED) is 0.144. The molecule has 0 radical (unpaired) electrons. The molecule has 37 heavy (non-hydrogen) atoms. The van der Waals surface area contributed by atoms with Gasteiger partial charge >= 0.3 is 228 Å². The van der Waals surface area contributed by atoms with Crippen LogP contribution in [-0.2, 0) is 6.16 Å². The second-order valence-corrected chi connectivity index (χ2v) is 18.9. The molecule has 1 aliphatic heterocycles. The molecule has 4 atom stereocenters. The predicted octanol–water partition coefficient (Wildman–Crippen LogP) is 9.74. The van der Waals surface area contributed by atoms with Crippen molar-refractivity contribution in [2.45, 2.75) is 55.7 Å². The third-order valence-electron chi connectivity index (χ3n) is 8.70. The monoisotopic (exact) mass is 522 g/mol. The van der Waals surface area contributed by atoms with Crippen LogP contribution in [0.1, 0.15) is 71.8 Å². The van der Waals surface area contributed by atoms with Crippen LogP contribution in [0.3, 0.4) is 0 Å². The maximum absolute atomic E-state index is 2.78. The maximum atomic E-state index is 2.78. The van der Waals surface area contributed by atoms with E-state index in [1.54, 1.807) is 16.7 Å². The molecule has 0 saturated carbocycles. The molecule has 1 fully saturated rings. The third-order valence-corrected chi connectivity index (χ3v) is 19.7. The Morgan fingerprint density at radius 1 is 0.703 bits per heavy atom. The summed E-state index contributed by atoms with van der Waals surface area (Å²) in [4.78, 5) is 0. The molecular formula is C34H41BP2. The summed E-state index contributed by atoms with van der Waals surface area (Å²) in [5.74, 6) is 1.44. The topological polar surface area (TPSA) is 0 Å². The Hall–Kier alpha value is -2.20. The number of benzene rings is 4. The molecule has 0 aliphatic carbocycles. The molecule has 2 unspecified atom stereocenters. The molecule has 0 amide bonds. The van der Waals surface area contributed by atoms with E-state index in [-0.39, 0.29) is 7.92 Å². The van der Waals surface area contributed by atoms with Crippen molar-refractivity contribution in [3.63, 3.8) is 0 Å².